The summed E-state index contributed by atoms with van der Waals surface area (Å²) >= 11 is 5.87. The first-order valence-electron chi connectivity index (χ1n) is 6.47. The number of ether oxygens (including phenoxy) is 1. The van der Waals surface area contributed by atoms with Crippen LogP contribution in [0.1, 0.15) is 6.92 Å². The first-order chi connectivity index (χ1) is 10.8. The molecule has 2 aromatic carbocycles. The molecule has 0 atom stereocenters. The number of anilines is 1. The van der Waals surface area contributed by atoms with Crippen LogP contribution < -0.4 is 14.2 Å². The van der Waals surface area contributed by atoms with Gasteiger partial charge in [0.15, 0.2) is 0 Å². The van der Waals surface area contributed by atoms with Crippen molar-refractivity contribution in [1.29, 1.82) is 0 Å². The molecule has 0 heterocycles. The van der Waals surface area contributed by atoms with Gasteiger partial charge in [-0.2, -0.15) is 8.42 Å². The van der Waals surface area contributed by atoms with Crippen molar-refractivity contribution >= 4 is 33.3 Å². The van der Waals surface area contributed by atoms with Crippen LogP contribution in [0.2, 0.25) is 5.02 Å². The van der Waals surface area contributed by atoms with Crippen LogP contribution in [-0.2, 0) is 14.9 Å². The van der Waals surface area contributed by atoms with Crippen molar-refractivity contribution < 1.29 is 22.1 Å². The lowest BCUT2D eigenvalue weighted by molar-refractivity contribution is -0.114. The Kier molecular flexibility index (Phi) is 5.12. The first-order valence-corrected chi connectivity index (χ1v) is 8.26. The molecule has 0 spiro atoms. The van der Waals surface area contributed by atoms with Crippen molar-refractivity contribution in [3.8, 4) is 11.5 Å². The van der Waals surface area contributed by atoms with Gasteiger partial charge in [-0.3, -0.25) is 4.79 Å². The van der Waals surface area contributed by atoms with Crippen LogP contribution in [0.4, 0.5) is 5.69 Å². The molecule has 0 aliphatic rings. The average Bonchev–Trinajstić information content (AvgIpc) is 2.48. The van der Waals surface area contributed by atoms with Gasteiger partial charge in [-0.1, -0.05) is 11.6 Å². The molecule has 0 radical (unpaired) electrons. The second kappa shape index (κ2) is 6.89. The molecule has 0 saturated heterocycles. The van der Waals surface area contributed by atoms with Gasteiger partial charge in [0.2, 0.25) is 5.91 Å². The monoisotopic (exact) mass is 355 g/mol. The third kappa shape index (κ3) is 4.37. The number of halogens is 1. The highest BCUT2D eigenvalue weighted by atomic mass is 35.5. The van der Waals surface area contributed by atoms with Crippen molar-refractivity contribution in [2.24, 2.45) is 0 Å². The van der Waals surface area contributed by atoms with Crippen LogP contribution in [0.25, 0.3) is 0 Å². The number of carbonyl (C=O) groups excluding carboxylic acids is 1. The minimum absolute atomic E-state index is 0.0790. The van der Waals surface area contributed by atoms with Gasteiger partial charge < -0.3 is 14.2 Å². The van der Waals surface area contributed by atoms with E-state index in [4.69, 9.17) is 20.5 Å². The predicted molar refractivity (Wildman–Crippen MR) is 86.6 cm³/mol. The molecule has 2 aromatic rings. The van der Waals surface area contributed by atoms with Crippen molar-refractivity contribution in [1.82, 2.24) is 0 Å². The Balaban J connectivity index is 2.22. The summed E-state index contributed by atoms with van der Waals surface area (Å²) in [6.07, 6.45) is 0. The molecule has 0 bridgehead atoms. The number of hydrogen-bond donors (Lipinski definition) is 1. The summed E-state index contributed by atoms with van der Waals surface area (Å²) in [6.45, 7) is 1.38. The molecule has 1 amide bonds. The SMILES string of the molecule is COc1cc(S(=O)(=O)Oc2ccc(NC(C)=O)cc2)ccc1Cl. The van der Waals surface area contributed by atoms with E-state index in [0.29, 0.717) is 10.7 Å². The van der Waals surface area contributed by atoms with Crippen molar-refractivity contribution in [3.63, 3.8) is 0 Å². The van der Waals surface area contributed by atoms with E-state index in [1.54, 1.807) is 0 Å². The summed E-state index contributed by atoms with van der Waals surface area (Å²) in [5.41, 5.74) is 0.537. The number of carbonyl (C=O) groups is 1. The summed E-state index contributed by atoms with van der Waals surface area (Å²) in [5.74, 6) is 0.130. The molecule has 0 aromatic heterocycles. The molecule has 0 saturated carbocycles. The second-order valence-electron chi connectivity index (χ2n) is 4.54. The maximum Gasteiger partial charge on any atom is 0.339 e. The summed E-state index contributed by atoms with van der Waals surface area (Å²) < 4.78 is 34.5. The Labute approximate surface area is 139 Å². The number of amides is 1. The molecule has 122 valence electrons. The van der Waals surface area contributed by atoms with Gasteiger partial charge in [0, 0.05) is 18.7 Å². The van der Waals surface area contributed by atoms with E-state index in [1.807, 2.05) is 0 Å². The number of nitrogens with one attached hydrogen (secondary N) is 1. The van der Waals surface area contributed by atoms with Gasteiger partial charge in [-0.15, -0.1) is 0 Å². The first kappa shape index (κ1) is 17.1. The predicted octanol–water partition coefficient (Wildman–Crippen LogP) is 3.07. The van der Waals surface area contributed by atoms with Gasteiger partial charge in [0.1, 0.15) is 16.4 Å². The van der Waals surface area contributed by atoms with Crippen molar-refractivity contribution in [2.75, 3.05) is 12.4 Å². The molecule has 6 nitrogen and oxygen atoms in total. The van der Waals surface area contributed by atoms with E-state index < -0.39 is 10.1 Å². The van der Waals surface area contributed by atoms with Crippen LogP contribution in [0.15, 0.2) is 47.4 Å². The summed E-state index contributed by atoms with van der Waals surface area (Å²) in [4.78, 5) is 10.9. The van der Waals surface area contributed by atoms with Crippen LogP contribution in [0.3, 0.4) is 0 Å². The van der Waals surface area contributed by atoms with Gasteiger partial charge in [-0.25, -0.2) is 0 Å². The molecular formula is C15H14ClNO5S. The highest BCUT2D eigenvalue weighted by Crippen LogP contribution is 2.28. The Bertz CT molecular complexity index is 818. The lowest BCUT2D eigenvalue weighted by atomic mass is 10.3. The molecule has 2 rings (SSSR count). The van der Waals surface area contributed by atoms with Crippen LogP contribution in [0, 0.1) is 0 Å². The zero-order valence-electron chi connectivity index (χ0n) is 12.4. The zero-order chi connectivity index (χ0) is 17.0. The highest BCUT2D eigenvalue weighted by Gasteiger charge is 2.18. The molecule has 0 aliphatic heterocycles. The average molecular weight is 356 g/mol. The molecule has 8 heteroatoms. The van der Waals surface area contributed by atoms with Crippen LogP contribution in [-0.4, -0.2) is 21.4 Å². The van der Waals surface area contributed by atoms with Gasteiger partial charge in [0.25, 0.3) is 0 Å². The fourth-order valence-electron chi connectivity index (χ4n) is 1.77. The fourth-order valence-corrected chi connectivity index (χ4v) is 2.91. The number of benzene rings is 2. The number of rotatable bonds is 5. The Morgan fingerprint density at radius 3 is 2.35 bits per heavy atom. The Hall–Kier alpha value is -2.25. The largest absolute Gasteiger partial charge is 0.495 e. The zero-order valence-corrected chi connectivity index (χ0v) is 13.9. The third-order valence-corrected chi connectivity index (χ3v) is 4.35. The highest BCUT2D eigenvalue weighted by molar-refractivity contribution is 7.87. The van der Waals surface area contributed by atoms with Crippen molar-refractivity contribution in [2.45, 2.75) is 11.8 Å². The van der Waals surface area contributed by atoms with Crippen LogP contribution >= 0.6 is 11.6 Å². The normalized spacial score (nSPS) is 10.9. The fraction of sp³-hybridized carbons (Fsp3) is 0.133. The van der Waals surface area contributed by atoms with E-state index in [1.165, 1.54) is 56.5 Å². The van der Waals surface area contributed by atoms with E-state index >= 15 is 0 Å². The second-order valence-corrected chi connectivity index (χ2v) is 6.49. The van der Waals surface area contributed by atoms with E-state index in [-0.39, 0.29) is 22.3 Å². The Morgan fingerprint density at radius 1 is 1.13 bits per heavy atom. The molecular weight excluding hydrogens is 342 g/mol. The summed E-state index contributed by atoms with van der Waals surface area (Å²) in [6, 6.07) is 9.97. The Morgan fingerprint density at radius 2 is 1.78 bits per heavy atom. The maximum absolute atomic E-state index is 12.3. The lowest BCUT2D eigenvalue weighted by Crippen LogP contribution is -2.10. The minimum atomic E-state index is -4.02. The van der Waals surface area contributed by atoms with E-state index in [9.17, 15) is 13.2 Å². The minimum Gasteiger partial charge on any atom is -0.495 e. The third-order valence-electron chi connectivity index (χ3n) is 2.79. The molecule has 1 N–H and O–H groups in total. The van der Waals surface area contributed by atoms with Gasteiger partial charge >= 0.3 is 10.1 Å². The maximum atomic E-state index is 12.3. The van der Waals surface area contributed by atoms with Gasteiger partial charge in [-0.05, 0) is 36.4 Å². The number of hydrogen-bond acceptors (Lipinski definition) is 5. The quantitative estimate of drug-likeness (QED) is 0.833. The topological polar surface area (TPSA) is 81.7 Å². The van der Waals surface area contributed by atoms with E-state index in [0.717, 1.165) is 0 Å². The summed E-state index contributed by atoms with van der Waals surface area (Å²) in [5, 5.41) is 2.87. The molecule has 0 unspecified atom stereocenters. The molecule has 0 fully saturated rings. The standard InChI is InChI=1S/C15H14ClNO5S/c1-10(18)17-11-3-5-12(6-4-11)22-23(19,20)13-7-8-14(16)15(9-13)21-2/h3-9H,1-2H3,(H,17,18). The van der Waals surface area contributed by atoms with Gasteiger partial charge in [0.05, 0.1) is 12.1 Å². The summed E-state index contributed by atoms with van der Waals surface area (Å²) in [7, 11) is -2.64. The van der Waals surface area contributed by atoms with Crippen LogP contribution in [0.5, 0.6) is 11.5 Å². The lowest BCUT2D eigenvalue weighted by Gasteiger charge is -2.10. The van der Waals surface area contributed by atoms with E-state index in [2.05, 4.69) is 5.32 Å². The smallest absolute Gasteiger partial charge is 0.339 e. The van der Waals surface area contributed by atoms with Crippen molar-refractivity contribution in [3.05, 3.63) is 47.5 Å². The molecule has 0 aliphatic carbocycles. The number of methoxy groups -OCH3 is 1. The molecule has 23 heavy (non-hydrogen) atoms.